The van der Waals surface area contributed by atoms with Crippen LogP contribution in [-0.2, 0) is 11.3 Å². The van der Waals surface area contributed by atoms with Crippen molar-refractivity contribution in [3.05, 3.63) is 29.8 Å². The summed E-state index contributed by atoms with van der Waals surface area (Å²) >= 11 is 0. The van der Waals surface area contributed by atoms with Gasteiger partial charge in [-0.2, -0.15) is 0 Å². The Hall–Kier alpha value is -0.810. The lowest BCUT2D eigenvalue weighted by Gasteiger charge is -2.30. The number of hydrogen-bond donors (Lipinski definition) is 2. The van der Waals surface area contributed by atoms with Crippen LogP contribution in [-0.4, -0.2) is 37.5 Å². The number of piperidine rings is 1. The van der Waals surface area contributed by atoms with E-state index >= 15 is 0 Å². The molecule has 0 saturated carbocycles. The summed E-state index contributed by atoms with van der Waals surface area (Å²) in [5.41, 5.74) is 2.22. The van der Waals surface area contributed by atoms with Crippen molar-refractivity contribution in [3.63, 3.8) is 0 Å². The van der Waals surface area contributed by atoms with Gasteiger partial charge in [0.1, 0.15) is 0 Å². The van der Waals surface area contributed by atoms with E-state index in [0.717, 1.165) is 31.1 Å². The number of hydrogen-bond acceptors (Lipinski definition) is 3. The van der Waals surface area contributed by atoms with Gasteiger partial charge in [-0.25, -0.2) is 0 Å². The number of benzene rings is 1. The third-order valence-corrected chi connectivity index (χ3v) is 4.35. The molecule has 0 aliphatic carbocycles. The number of nitrogens with one attached hydrogen (secondary N) is 2. The first-order valence-corrected chi connectivity index (χ1v) is 8.43. The van der Waals surface area contributed by atoms with Gasteiger partial charge in [-0.15, -0.1) is 24.8 Å². The monoisotopic (exact) mass is 375 g/mol. The Bertz CT molecular complexity index is 460. The lowest BCUT2D eigenvalue weighted by Crippen LogP contribution is -2.32. The van der Waals surface area contributed by atoms with Crippen LogP contribution in [0.1, 0.15) is 38.2 Å². The Labute approximate surface area is 158 Å². The second-order valence-corrected chi connectivity index (χ2v) is 6.41. The van der Waals surface area contributed by atoms with Crippen molar-refractivity contribution in [2.24, 2.45) is 5.92 Å². The molecule has 1 saturated heterocycles. The third-order valence-electron chi connectivity index (χ3n) is 4.35. The van der Waals surface area contributed by atoms with Crippen molar-refractivity contribution in [2.45, 2.75) is 39.2 Å². The lowest BCUT2D eigenvalue weighted by atomic mass is 9.99. The van der Waals surface area contributed by atoms with E-state index in [1.807, 2.05) is 19.2 Å². The van der Waals surface area contributed by atoms with Crippen LogP contribution in [0.2, 0.25) is 0 Å². The van der Waals surface area contributed by atoms with Crippen molar-refractivity contribution < 1.29 is 4.79 Å². The molecule has 1 aliphatic heterocycles. The Balaban J connectivity index is 0.00000264. The van der Waals surface area contributed by atoms with Gasteiger partial charge in [0, 0.05) is 18.7 Å². The largest absolute Gasteiger partial charge is 0.326 e. The molecule has 6 heteroatoms. The second kappa shape index (κ2) is 12.5. The number of likely N-dealkylation sites (tertiary alicyclic amines) is 1. The fourth-order valence-corrected chi connectivity index (χ4v) is 2.82. The van der Waals surface area contributed by atoms with E-state index in [0.29, 0.717) is 6.42 Å². The van der Waals surface area contributed by atoms with Crippen molar-refractivity contribution >= 4 is 36.4 Å². The number of nitrogens with zero attached hydrogens (tertiary/aromatic N) is 1. The molecule has 1 amide bonds. The summed E-state index contributed by atoms with van der Waals surface area (Å²) in [6, 6.07) is 8.28. The Morgan fingerprint density at radius 1 is 1.17 bits per heavy atom. The van der Waals surface area contributed by atoms with Gasteiger partial charge in [0.15, 0.2) is 0 Å². The highest BCUT2D eigenvalue weighted by atomic mass is 35.5. The summed E-state index contributed by atoms with van der Waals surface area (Å²) in [6.07, 6.45) is 4.05. The van der Waals surface area contributed by atoms with E-state index < -0.39 is 0 Å². The highest BCUT2D eigenvalue weighted by molar-refractivity contribution is 5.90. The van der Waals surface area contributed by atoms with Crippen molar-refractivity contribution in [1.29, 1.82) is 0 Å². The SMILES string of the molecule is CNCCCC(=O)Nc1ccc(CN2CCC(C)CC2)cc1.Cl.Cl. The molecule has 4 nitrogen and oxygen atoms in total. The molecule has 1 aromatic carbocycles. The Morgan fingerprint density at radius 3 is 2.38 bits per heavy atom. The predicted octanol–water partition coefficient (Wildman–Crippen LogP) is 3.70. The molecule has 2 N–H and O–H groups in total. The molecular weight excluding hydrogens is 345 g/mol. The lowest BCUT2D eigenvalue weighted by molar-refractivity contribution is -0.116. The molecule has 1 aromatic rings. The van der Waals surface area contributed by atoms with Gasteiger partial charge in [-0.1, -0.05) is 19.1 Å². The van der Waals surface area contributed by atoms with Crippen LogP contribution in [0.3, 0.4) is 0 Å². The van der Waals surface area contributed by atoms with Crippen LogP contribution in [0, 0.1) is 5.92 Å². The van der Waals surface area contributed by atoms with E-state index in [4.69, 9.17) is 0 Å². The highest BCUT2D eigenvalue weighted by Crippen LogP contribution is 2.19. The number of halogens is 2. The van der Waals surface area contributed by atoms with Crippen LogP contribution < -0.4 is 10.6 Å². The number of amides is 1. The molecule has 2 rings (SSSR count). The molecule has 1 fully saturated rings. The zero-order valence-corrected chi connectivity index (χ0v) is 16.3. The number of carbonyl (C=O) groups excluding carboxylic acids is 1. The summed E-state index contributed by atoms with van der Waals surface area (Å²) in [5, 5.41) is 6.01. The normalized spacial score (nSPS) is 15.2. The van der Waals surface area contributed by atoms with E-state index in [-0.39, 0.29) is 30.7 Å². The predicted molar refractivity (Wildman–Crippen MR) is 106 cm³/mol. The average Bonchev–Trinajstić information content (AvgIpc) is 2.52. The quantitative estimate of drug-likeness (QED) is 0.714. The first-order chi connectivity index (χ1) is 10.7. The maximum absolute atomic E-state index is 11.8. The number of carbonyl (C=O) groups is 1. The molecular formula is C18H31Cl2N3O. The molecule has 138 valence electrons. The summed E-state index contributed by atoms with van der Waals surface area (Å²) in [4.78, 5) is 14.3. The smallest absolute Gasteiger partial charge is 0.224 e. The highest BCUT2D eigenvalue weighted by Gasteiger charge is 2.15. The molecule has 0 atom stereocenters. The van der Waals surface area contributed by atoms with Gasteiger partial charge >= 0.3 is 0 Å². The van der Waals surface area contributed by atoms with Crippen molar-refractivity contribution in [1.82, 2.24) is 10.2 Å². The maximum Gasteiger partial charge on any atom is 0.224 e. The van der Waals surface area contributed by atoms with Crippen LogP contribution in [0.4, 0.5) is 5.69 Å². The topological polar surface area (TPSA) is 44.4 Å². The summed E-state index contributed by atoms with van der Waals surface area (Å²) in [5.74, 6) is 0.963. The van der Waals surface area contributed by atoms with Crippen LogP contribution in [0.5, 0.6) is 0 Å². The minimum absolute atomic E-state index is 0. The Kier molecular flexibility index (Phi) is 12.1. The number of anilines is 1. The van der Waals surface area contributed by atoms with Gasteiger partial charge in [0.05, 0.1) is 0 Å². The zero-order chi connectivity index (χ0) is 15.8. The summed E-state index contributed by atoms with van der Waals surface area (Å²) in [6.45, 7) is 6.63. The first-order valence-electron chi connectivity index (χ1n) is 8.43. The molecule has 1 heterocycles. The minimum Gasteiger partial charge on any atom is -0.326 e. The molecule has 0 unspecified atom stereocenters. The fourth-order valence-electron chi connectivity index (χ4n) is 2.82. The van der Waals surface area contributed by atoms with E-state index in [1.54, 1.807) is 0 Å². The number of rotatable bonds is 7. The third kappa shape index (κ3) is 8.34. The molecule has 0 aromatic heterocycles. The molecule has 0 spiro atoms. The average molecular weight is 376 g/mol. The standard InChI is InChI=1S/C18H29N3O.2ClH/c1-15-9-12-21(13-10-15)14-16-5-7-17(8-6-16)20-18(22)4-3-11-19-2;;/h5-8,15,19H,3-4,9-14H2,1-2H3,(H,20,22);2*1H. The van der Waals surface area contributed by atoms with Gasteiger partial charge < -0.3 is 10.6 Å². The zero-order valence-electron chi connectivity index (χ0n) is 14.7. The van der Waals surface area contributed by atoms with E-state index in [9.17, 15) is 4.79 Å². The summed E-state index contributed by atoms with van der Waals surface area (Å²) < 4.78 is 0. The fraction of sp³-hybridized carbons (Fsp3) is 0.611. The molecule has 0 radical (unpaired) electrons. The van der Waals surface area contributed by atoms with E-state index in [2.05, 4.69) is 34.6 Å². The maximum atomic E-state index is 11.8. The molecule has 1 aliphatic rings. The van der Waals surface area contributed by atoms with Gasteiger partial charge in [-0.3, -0.25) is 9.69 Å². The van der Waals surface area contributed by atoms with Gasteiger partial charge in [-0.05, 0) is 69.6 Å². The Morgan fingerprint density at radius 2 is 1.79 bits per heavy atom. The van der Waals surface area contributed by atoms with Gasteiger partial charge in [0.2, 0.25) is 5.91 Å². The van der Waals surface area contributed by atoms with Crippen LogP contribution >= 0.6 is 24.8 Å². The van der Waals surface area contributed by atoms with Crippen LogP contribution in [0.15, 0.2) is 24.3 Å². The molecule has 24 heavy (non-hydrogen) atoms. The minimum atomic E-state index is 0. The van der Waals surface area contributed by atoms with Crippen molar-refractivity contribution in [3.8, 4) is 0 Å². The van der Waals surface area contributed by atoms with E-state index in [1.165, 1.54) is 31.5 Å². The molecule has 0 bridgehead atoms. The van der Waals surface area contributed by atoms with Crippen molar-refractivity contribution in [2.75, 3.05) is 32.0 Å². The second-order valence-electron chi connectivity index (χ2n) is 6.41. The summed E-state index contributed by atoms with van der Waals surface area (Å²) in [7, 11) is 1.90. The van der Waals surface area contributed by atoms with Gasteiger partial charge in [0.25, 0.3) is 0 Å². The first kappa shape index (κ1) is 23.2. The van der Waals surface area contributed by atoms with Crippen LogP contribution in [0.25, 0.3) is 0 Å².